The van der Waals surface area contributed by atoms with Gasteiger partial charge in [-0.25, -0.2) is 4.39 Å². The fraction of sp³-hybridized carbons (Fsp3) is 0.167. The standard InChI is InChI=1S/C18H16FNO2/c19-14-5-3-4-13(12-14)8-9-18(21)20-16-10-11-22-17-7-2-1-6-15(16)17/h1-9,12,16H,10-11H2,(H,20,21)/b9-8+. The average molecular weight is 297 g/mol. The zero-order chi connectivity index (χ0) is 15.4. The molecule has 0 aliphatic carbocycles. The maximum Gasteiger partial charge on any atom is 0.244 e. The summed E-state index contributed by atoms with van der Waals surface area (Å²) in [5.41, 5.74) is 1.64. The first-order valence-corrected chi connectivity index (χ1v) is 7.18. The molecule has 0 aromatic heterocycles. The summed E-state index contributed by atoms with van der Waals surface area (Å²) in [7, 11) is 0. The molecule has 1 aliphatic heterocycles. The van der Waals surface area contributed by atoms with Gasteiger partial charge in [0, 0.05) is 18.1 Å². The summed E-state index contributed by atoms with van der Waals surface area (Å²) < 4.78 is 18.6. The number of rotatable bonds is 3. The minimum atomic E-state index is -0.319. The molecule has 1 aliphatic rings. The number of carbonyl (C=O) groups excluding carboxylic acids is 1. The van der Waals surface area contributed by atoms with E-state index in [1.807, 2.05) is 24.3 Å². The van der Waals surface area contributed by atoms with Gasteiger partial charge in [0.2, 0.25) is 5.91 Å². The Hall–Kier alpha value is -2.62. The lowest BCUT2D eigenvalue weighted by molar-refractivity contribution is -0.117. The van der Waals surface area contributed by atoms with Gasteiger partial charge in [0.25, 0.3) is 0 Å². The SMILES string of the molecule is O=C(/C=C/c1cccc(F)c1)NC1CCOc2ccccc21. The molecule has 2 aromatic rings. The fourth-order valence-corrected chi connectivity index (χ4v) is 2.49. The van der Waals surface area contributed by atoms with E-state index in [2.05, 4.69) is 5.32 Å². The van der Waals surface area contributed by atoms with Crippen LogP contribution in [0.25, 0.3) is 6.08 Å². The molecular weight excluding hydrogens is 281 g/mol. The summed E-state index contributed by atoms with van der Waals surface area (Å²) in [6.45, 7) is 0.579. The highest BCUT2D eigenvalue weighted by molar-refractivity contribution is 5.92. The number of amides is 1. The monoisotopic (exact) mass is 297 g/mol. The lowest BCUT2D eigenvalue weighted by Crippen LogP contribution is -2.30. The number of hydrogen-bond donors (Lipinski definition) is 1. The van der Waals surface area contributed by atoms with Crippen LogP contribution in [0.3, 0.4) is 0 Å². The highest BCUT2D eigenvalue weighted by Gasteiger charge is 2.21. The van der Waals surface area contributed by atoms with E-state index in [0.717, 1.165) is 17.7 Å². The molecule has 0 saturated heterocycles. The van der Waals surface area contributed by atoms with Crippen molar-refractivity contribution in [2.45, 2.75) is 12.5 Å². The largest absolute Gasteiger partial charge is 0.493 e. The number of carbonyl (C=O) groups is 1. The van der Waals surface area contributed by atoms with Crippen molar-refractivity contribution in [3.05, 3.63) is 71.6 Å². The molecule has 0 saturated carbocycles. The molecule has 112 valence electrons. The zero-order valence-corrected chi connectivity index (χ0v) is 12.0. The Morgan fingerprint density at radius 1 is 1.23 bits per heavy atom. The number of para-hydroxylation sites is 1. The van der Waals surface area contributed by atoms with Crippen molar-refractivity contribution in [2.24, 2.45) is 0 Å². The van der Waals surface area contributed by atoms with Crippen LogP contribution in [-0.4, -0.2) is 12.5 Å². The number of benzene rings is 2. The predicted molar refractivity (Wildman–Crippen MR) is 82.9 cm³/mol. The Balaban J connectivity index is 1.68. The molecule has 1 N–H and O–H groups in total. The van der Waals surface area contributed by atoms with Crippen molar-refractivity contribution < 1.29 is 13.9 Å². The van der Waals surface area contributed by atoms with Crippen LogP contribution in [-0.2, 0) is 4.79 Å². The van der Waals surface area contributed by atoms with Gasteiger partial charge in [-0.15, -0.1) is 0 Å². The molecule has 0 bridgehead atoms. The molecule has 1 amide bonds. The molecule has 1 heterocycles. The quantitative estimate of drug-likeness (QED) is 0.881. The van der Waals surface area contributed by atoms with Crippen LogP contribution in [0, 0.1) is 5.82 Å². The average Bonchev–Trinajstić information content (AvgIpc) is 2.53. The van der Waals surface area contributed by atoms with E-state index in [0.29, 0.717) is 12.2 Å². The van der Waals surface area contributed by atoms with Crippen LogP contribution in [0.5, 0.6) is 5.75 Å². The molecule has 1 atom stereocenters. The predicted octanol–water partition coefficient (Wildman–Crippen LogP) is 3.48. The second kappa shape index (κ2) is 6.43. The lowest BCUT2D eigenvalue weighted by atomic mass is 10.0. The maximum atomic E-state index is 13.1. The van der Waals surface area contributed by atoms with E-state index in [1.54, 1.807) is 18.2 Å². The van der Waals surface area contributed by atoms with E-state index in [9.17, 15) is 9.18 Å². The van der Waals surface area contributed by atoms with E-state index in [1.165, 1.54) is 18.2 Å². The Labute approximate surface area is 128 Å². The summed E-state index contributed by atoms with van der Waals surface area (Å²) in [5, 5.41) is 2.96. The van der Waals surface area contributed by atoms with Crippen LogP contribution in [0.15, 0.2) is 54.6 Å². The van der Waals surface area contributed by atoms with Gasteiger partial charge in [-0.1, -0.05) is 30.3 Å². The van der Waals surface area contributed by atoms with Crippen molar-refractivity contribution in [2.75, 3.05) is 6.61 Å². The highest BCUT2D eigenvalue weighted by atomic mass is 19.1. The summed E-state index contributed by atoms with van der Waals surface area (Å²) in [6.07, 6.45) is 3.76. The first-order valence-electron chi connectivity index (χ1n) is 7.18. The summed E-state index contributed by atoms with van der Waals surface area (Å²) in [6, 6.07) is 13.7. The van der Waals surface area contributed by atoms with E-state index < -0.39 is 0 Å². The second-order valence-corrected chi connectivity index (χ2v) is 5.12. The second-order valence-electron chi connectivity index (χ2n) is 5.12. The summed E-state index contributed by atoms with van der Waals surface area (Å²) in [5.74, 6) is 0.292. The van der Waals surface area contributed by atoms with E-state index in [4.69, 9.17) is 4.74 Å². The van der Waals surface area contributed by atoms with Crippen molar-refractivity contribution in [1.82, 2.24) is 5.32 Å². The molecule has 3 nitrogen and oxygen atoms in total. The van der Waals surface area contributed by atoms with Gasteiger partial charge in [-0.2, -0.15) is 0 Å². The Bertz CT molecular complexity index is 712. The van der Waals surface area contributed by atoms with Crippen LogP contribution in [0.2, 0.25) is 0 Å². The third-order valence-electron chi connectivity index (χ3n) is 3.55. The topological polar surface area (TPSA) is 38.3 Å². The third-order valence-corrected chi connectivity index (χ3v) is 3.55. The number of hydrogen-bond acceptors (Lipinski definition) is 2. The minimum Gasteiger partial charge on any atom is -0.493 e. The summed E-state index contributed by atoms with van der Waals surface area (Å²) in [4.78, 5) is 12.0. The van der Waals surface area contributed by atoms with Gasteiger partial charge in [-0.3, -0.25) is 4.79 Å². The molecule has 1 unspecified atom stereocenters. The van der Waals surface area contributed by atoms with Crippen molar-refractivity contribution in [3.8, 4) is 5.75 Å². The van der Waals surface area contributed by atoms with E-state index in [-0.39, 0.29) is 17.8 Å². The highest BCUT2D eigenvalue weighted by Crippen LogP contribution is 2.31. The molecule has 0 radical (unpaired) electrons. The van der Waals surface area contributed by atoms with Crippen LogP contribution < -0.4 is 10.1 Å². The maximum absolute atomic E-state index is 13.1. The van der Waals surface area contributed by atoms with Gasteiger partial charge in [0.05, 0.1) is 12.6 Å². The van der Waals surface area contributed by atoms with Gasteiger partial charge in [0.15, 0.2) is 0 Å². The Morgan fingerprint density at radius 3 is 2.95 bits per heavy atom. The number of ether oxygens (including phenoxy) is 1. The molecule has 2 aromatic carbocycles. The first kappa shape index (κ1) is 14.3. The lowest BCUT2D eigenvalue weighted by Gasteiger charge is -2.26. The number of nitrogens with one attached hydrogen (secondary N) is 1. The van der Waals surface area contributed by atoms with Crippen molar-refractivity contribution in [1.29, 1.82) is 0 Å². The number of fused-ring (bicyclic) bond motifs is 1. The fourth-order valence-electron chi connectivity index (χ4n) is 2.49. The molecular formula is C18H16FNO2. The zero-order valence-electron chi connectivity index (χ0n) is 12.0. The first-order chi connectivity index (χ1) is 10.7. The van der Waals surface area contributed by atoms with Crippen molar-refractivity contribution in [3.63, 3.8) is 0 Å². The third kappa shape index (κ3) is 3.34. The molecule has 0 spiro atoms. The van der Waals surface area contributed by atoms with Crippen LogP contribution in [0.1, 0.15) is 23.6 Å². The summed E-state index contributed by atoms with van der Waals surface area (Å²) >= 11 is 0. The van der Waals surface area contributed by atoms with Crippen LogP contribution >= 0.6 is 0 Å². The van der Waals surface area contributed by atoms with Gasteiger partial charge >= 0.3 is 0 Å². The Morgan fingerprint density at radius 2 is 2.09 bits per heavy atom. The van der Waals surface area contributed by atoms with Crippen LogP contribution in [0.4, 0.5) is 4.39 Å². The smallest absolute Gasteiger partial charge is 0.244 e. The number of halogens is 1. The molecule has 0 fully saturated rings. The normalized spacial score (nSPS) is 16.9. The van der Waals surface area contributed by atoms with Gasteiger partial charge in [0.1, 0.15) is 11.6 Å². The van der Waals surface area contributed by atoms with Gasteiger partial charge < -0.3 is 10.1 Å². The Kier molecular flexibility index (Phi) is 4.19. The molecule has 22 heavy (non-hydrogen) atoms. The van der Waals surface area contributed by atoms with Gasteiger partial charge in [-0.05, 0) is 29.8 Å². The molecule has 4 heteroatoms. The molecule has 3 rings (SSSR count). The van der Waals surface area contributed by atoms with Crippen molar-refractivity contribution >= 4 is 12.0 Å². The van der Waals surface area contributed by atoms with E-state index >= 15 is 0 Å². The minimum absolute atomic E-state index is 0.0605.